The second kappa shape index (κ2) is 7.44. The van der Waals surface area contributed by atoms with Crippen molar-refractivity contribution in [1.29, 1.82) is 0 Å². The van der Waals surface area contributed by atoms with Gasteiger partial charge in [0.1, 0.15) is 0 Å². The van der Waals surface area contributed by atoms with E-state index in [0.717, 1.165) is 40.9 Å². The highest BCUT2D eigenvalue weighted by atomic mass is 14.6. The number of rotatable bonds is 5. The molecular formula is C26H46. The van der Waals surface area contributed by atoms with E-state index < -0.39 is 0 Å². The van der Waals surface area contributed by atoms with E-state index in [2.05, 4.69) is 27.7 Å². The lowest BCUT2D eigenvalue weighted by atomic mass is 9.45. The molecule has 4 fully saturated rings. The van der Waals surface area contributed by atoms with Gasteiger partial charge in [0, 0.05) is 0 Å². The molecule has 0 aromatic heterocycles. The minimum atomic E-state index is 0.705. The van der Waals surface area contributed by atoms with Crippen molar-refractivity contribution in [3.05, 3.63) is 0 Å². The first-order valence-corrected chi connectivity index (χ1v) is 12.4. The monoisotopic (exact) mass is 358 g/mol. The van der Waals surface area contributed by atoms with E-state index in [0.29, 0.717) is 5.41 Å². The fourth-order valence-electron chi connectivity index (χ4n) is 8.82. The first-order valence-electron chi connectivity index (χ1n) is 12.4. The van der Waals surface area contributed by atoms with Crippen LogP contribution in [0.3, 0.4) is 0 Å². The van der Waals surface area contributed by atoms with Crippen LogP contribution < -0.4 is 0 Å². The van der Waals surface area contributed by atoms with E-state index in [1.807, 2.05) is 0 Å². The Bertz CT molecular complexity index is 478. The van der Waals surface area contributed by atoms with Gasteiger partial charge >= 0.3 is 0 Å². The highest BCUT2D eigenvalue weighted by Crippen LogP contribution is 2.67. The van der Waals surface area contributed by atoms with E-state index in [4.69, 9.17) is 0 Å². The van der Waals surface area contributed by atoms with Crippen LogP contribution in [0.15, 0.2) is 0 Å². The van der Waals surface area contributed by atoms with Crippen LogP contribution in [0.1, 0.15) is 118 Å². The van der Waals surface area contributed by atoms with Gasteiger partial charge in [0.15, 0.2) is 0 Å². The first-order chi connectivity index (χ1) is 12.4. The molecule has 150 valence electrons. The zero-order chi connectivity index (χ0) is 18.4. The Hall–Kier alpha value is 0. The summed E-state index contributed by atoms with van der Waals surface area (Å²) in [5.74, 6) is 6.28. The number of hydrogen-bond acceptors (Lipinski definition) is 0. The number of fused-ring (bicyclic) bond motifs is 5. The second-order valence-electron chi connectivity index (χ2n) is 11.9. The molecule has 4 saturated carbocycles. The van der Waals surface area contributed by atoms with Crippen LogP contribution in [0, 0.1) is 46.3 Å². The molecule has 0 heterocycles. The van der Waals surface area contributed by atoms with Crippen molar-refractivity contribution in [1.82, 2.24) is 0 Å². The van der Waals surface area contributed by atoms with E-state index in [1.165, 1.54) is 38.5 Å². The minimum Gasteiger partial charge on any atom is -0.0628 e. The zero-order valence-corrected chi connectivity index (χ0v) is 18.4. The van der Waals surface area contributed by atoms with Crippen molar-refractivity contribution in [2.75, 3.05) is 0 Å². The van der Waals surface area contributed by atoms with Crippen LogP contribution in [0.2, 0.25) is 0 Å². The molecular weight excluding hydrogens is 312 g/mol. The van der Waals surface area contributed by atoms with Crippen molar-refractivity contribution in [3.63, 3.8) is 0 Å². The van der Waals surface area contributed by atoms with Gasteiger partial charge in [-0.3, -0.25) is 0 Å². The average Bonchev–Trinajstić information content (AvgIpc) is 2.94. The van der Waals surface area contributed by atoms with Crippen LogP contribution in [0.25, 0.3) is 0 Å². The normalized spacial score (nSPS) is 48.1. The molecule has 0 amide bonds. The van der Waals surface area contributed by atoms with Gasteiger partial charge in [-0.15, -0.1) is 0 Å². The lowest BCUT2D eigenvalue weighted by Gasteiger charge is -2.60. The Morgan fingerprint density at radius 3 is 2.38 bits per heavy atom. The maximum absolute atomic E-state index is 2.74. The number of hydrogen-bond donors (Lipinski definition) is 0. The Morgan fingerprint density at radius 1 is 0.769 bits per heavy atom. The van der Waals surface area contributed by atoms with Crippen LogP contribution in [-0.4, -0.2) is 0 Å². The molecule has 0 aromatic carbocycles. The lowest BCUT2D eigenvalue weighted by Crippen LogP contribution is -2.52. The molecule has 0 spiro atoms. The van der Waals surface area contributed by atoms with Crippen LogP contribution in [0.4, 0.5) is 0 Å². The molecule has 0 nitrogen and oxygen atoms in total. The second-order valence-corrected chi connectivity index (χ2v) is 11.9. The molecule has 4 aliphatic carbocycles. The highest BCUT2D eigenvalue weighted by Gasteiger charge is 2.59. The van der Waals surface area contributed by atoms with Crippen LogP contribution >= 0.6 is 0 Å². The summed E-state index contributed by atoms with van der Waals surface area (Å²) in [6.07, 6.45) is 21.6. The summed E-state index contributed by atoms with van der Waals surface area (Å²) in [6.45, 7) is 10.2. The maximum atomic E-state index is 2.74. The van der Waals surface area contributed by atoms with Gasteiger partial charge in [-0.1, -0.05) is 59.8 Å². The molecule has 7 unspecified atom stereocenters. The average molecular weight is 359 g/mol. The van der Waals surface area contributed by atoms with Gasteiger partial charge in [0.05, 0.1) is 0 Å². The van der Waals surface area contributed by atoms with Crippen molar-refractivity contribution < 1.29 is 0 Å². The molecule has 0 aromatic rings. The molecule has 0 aliphatic heterocycles. The standard InChI is InChI=1S/C26H46/c1-19(2)9-5-6-10-21-13-15-23-22-14-12-20-11-7-8-17-25(20,3)24(22)16-18-26(21,23)4/h19-24H,5-18H2,1-4H3. The predicted octanol–water partition coefficient (Wildman–Crippen LogP) is 8.25. The van der Waals surface area contributed by atoms with Gasteiger partial charge in [-0.05, 0) is 104 Å². The SMILES string of the molecule is CC(C)CCCCC1CCC2C3CCC4CCCCC4(C)C3CCC12C. The fourth-order valence-corrected chi connectivity index (χ4v) is 8.82. The van der Waals surface area contributed by atoms with E-state index in [1.54, 1.807) is 51.4 Å². The van der Waals surface area contributed by atoms with Gasteiger partial charge in [0.25, 0.3) is 0 Å². The van der Waals surface area contributed by atoms with Crippen molar-refractivity contribution in [2.24, 2.45) is 46.3 Å². The summed E-state index contributed by atoms with van der Waals surface area (Å²) in [4.78, 5) is 0. The fraction of sp³-hybridized carbons (Fsp3) is 1.00. The van der Waals surface area contributed by atoms with E-state index >= 15 is 0 Å². The van der Waals surface area contributed by atoms with Gasteiger partial charge in [-0.25, -0.2) is 0 Å². The van der Waals surface area contributed by atoms with Gasteiger partial charge in [0.2, 0.25) is 0 Å². The maximum Gasteiger partial charge on any atom is -0.0266 e. The Morgan fingerprint density at radius 2 is 1.58 bits per heavy atom. The Labute approximate surface area is 164 Å². The molecule has 4 aliphatic rings. The molecule has 0 saturated heterocycles. The van der Waals surface area contributed by atoms with E-state index in [-0.39, 0.29) is 0 Å². The summed E-state index contributed by atoms with van der Waals surface area (Å²) >= 11 is 0. The Balaban J connectivity index is 1.43. The summed E-state index contributed by atoms with van der Waals surface area (Å²) in [5.41, 5.74) is 1.43. The van der Waals surface area contributed by atoms with Crippen molar-refractivity contribution in [3.8, 4) is 0 Å². The van der Waals surface area contributed by atoms with Gasteiger partial charge < -0.3 is 0 Å². The minimum absolute atomic E-state index is 0.705. The molecule has 0 bridgehead atoms. The molecule has 0 N–H and O–H groups in total. The predicted molar refractivity (Wildman–Crippen MR) is 113 cm³/mol. The first kappa shape index (κ1) is 19.3. The summed E-state index contributed by atoms with van der Waals surface area (Å²) in [5, 5.41) is 0. The largest absolute Gasteiger partial charge is 0.0628 e. The number of unbranched alkanes of at least 4 members (excludes halogenated alkanes) is 1. The van der Waals surface area contributed by atoms with E-state index in [9.17, 15) is 0 Å². The third-order valence-electron chi connectivity index (χ3n) is 10.4. The zero-order valence-electron chi connectivity index (χ0n) is 18.4. The molecule has 0 heteroatoms. The molecule has 0 radical (unpaired) electrons. The summed E-state index contributed by atoms with van der Waals surface area (Å²) < 4.78 is 0. The molecule has 26 heavy (non-hydrogen) atoms. The molecule has 7 atom stereocenters. The third-order valence-corrected chi connectivity index (χ3v) is 10.4. The quantitative estimate of drug-likeness (QED) is 0.434. The van der Waals surface area contributed by atoms with Gasteiger partial charge in [-0.2, -0.15) is 0 Å². The summed E-state index contributed by atoms with van der Waals surface area (Å²) in [6, 6.07) is 0. The Kier molecular flexibility index (Phi) is 5.53. The smallest absolute Gasteiger partial charge is 0.0266 e. The van der Waals surface area contributed by atoms with Crippen molar-refractivity contribution in [2.45, 2.75) is 118 Å². The van der Waals surface area contributed by atoms with Crippen molar-refractivity contribution >= 4 is 0 Å². The molecule has 4 rings (SSSR count). The van der Waals surface area contributed by atoms with Crippen LogP contribution in [0.5, 0.6) is 0 Å². The van der Waals surface area contributed by atoms with Crippen LogP contribution in [-0.2, 0) is 0 Å². The topological polar surface area (TPSA) is 0 Å². The lowest BCUT2D eigenvalue weighted by molar-refractivity contribution is -0.111. The third kappa shape index (κ3) is 3.20. The highest BCUT2D eigenvalue weighted by molar-refractivity contribution is 5.08. The summed E-state index contributed by atoms with van der Waals surface area (Å²) in [7, 11) is 0.